The van der Waals surface area contributed by atoms with E-state index in [2.05, 4.69) is 0 Å². The van der Waals surface area contributed by atoms with Gasteiger partial charge >= 0.3 is 0 Å². The van der Waals surface area contributed by atoms with Gasteiger partial charge in [-0.1, -0.05) is 0 Å². The molecule has 6 nitrogen and oxygen atoms in total. The van der Waals surface area contributed by atoms with Crippen molar-refractivity contribution in [3.05, 3.63) is 35.1 Å². The van der Waals surface area contributed by atoms with Crippen molar-refractivity contribution in [2.24, 2.45) is 5.73 Å². The van der Waals surface area contributed by atoms with Gasteiger partial charge < -0.3 is 10.6 Å². The lowest BCUT2D eigenvalue weighted by atomic mass is 10.0. The lowest BCUT2D eigenvalue weighted by Crippen LogP contribution is -2.51. The lowest BCUT2D eigenvalue weighted by Gasteiger charge is -2.33. The predicted octanol–water partition coefficient (Wildman–Crippen LogP) is 0.608. The summed E-state index contributed by atoms with van der Waals surface area (Å²) in [7, 11) is -3.30. The fourth-order valence-electron chi connectivity index (χ4n) is 3.76. The summed E-state index contributed by atoms with van der Waals surface area (Å²) in [5.74, 6) is -3.60. The number of sulfonamides is 1. The van der Waals surface area contributed by atoms with Crippen molar-refractivity contribution in [3.8, 4) is 0 Å². The first-order valence-electron chi connectivity index (χ1n) is 8.21. The number of nitrogens with two attached hydrogens (primary N) is 1. The summed E-state index contributed by atoms with van der Waals surface area (Å²) in [4.78, 5) is 14.1. The second-order valence-electron chi connectivity index (χ2n) is 6.95. The maximum absolute atomic E-state index is 13.7. The van der Waals surface area contributed by atoms with Gasteiger partial charge in [0, 0.05) is 43.7 Å². The highest BCUT2D eigenvalue weighted by atomic mass is 32.2. The number of hydrogen-bond donors (Lipinski definition) is 1. The molecule has 0 spiro atoms. The molecule has 2 unspecified atom stereocenters. The SMILES string of the molecule is CS(=O)(=O)N1CC2CC1CN2C(=O)C[C@H](N)Cc1cc(F)c(F)cc1F. The molecule has 0 aromatic heterocycles. The van der Waals surface area contributed by atoms with E-state index >= 15 is 0 Å². The molecule has 0 radical (unpaired) electrons. The van der Waals surface area contributed by atoms with Crippen molar-refractivity contribution >= 4 is 15.9 Å². The summed E-state index contributed by atoms with van der Waals surface area (Å²) >= 11 is 0. The van der Waals surface area contributed by atoms with Crippen LogP contribution in [0.4, 0.5) is 13.2 Å². The highest BCUT2D eigenvalue weighted by Crippen LogP contribution is 2.32. The van der Waals surface area contributed by atoms with Crippen molar-refractivity contribution in [1.29, 1.82) is 0 Å². The number of carbonyl (C=O) groups excluding carboxylic acids is 1. The summed E-state index contributed by atoms with van der Waals surface area (Å²) in [6, 6.07) is 0.0371. The van der Waals surface area contributed by atoms with Crippen LogP contribution in [0.25, 0.3) is 0 Å². The second kappa shape index (κ2) is 6.82. The molecule has 1 aromatic rings. The molecular weight excluding hydrogens is 371 g/mol. The first-order valence-corrected chi connectivity index (χ1v) is 10.1. The number of rotatable bonds is 5. The van der Waals surface area contributed by atoms with E-state index in [9.17, 15) is 26.4 Å². The van der Waals surface area contributed by atoms with Crippen molar-refractivity contribution in [2.75, 3.05) is 19.3 Å². The minimum Gasteiger partial charge on any atom is -0.337 e. The fraction of sp³-hybridized carbons (Fsp3) is 0.562. The largest absolute Gasteiger partial charge is 0.337 e. The average molecular weight is 391 g/mol. The third-order valence-corrected chi connectivity index (χ3v) is 6.24. The van der Waals surface area contributed by atoms with Gasteiger partial charge in [0.1, 0.15) is 5.82 Å². The van der Waals surface area contributed by atoms with Gasteiger partial charge in [-0.3, -0.25) is 4.79 Å². The molecule has 1 aromatic carbocycles. The molecule has 2 N–H and O–H groups in total. The quantitative estimate of drug-likeness (QED) is 0.746. The molecule has 144 valence electrons. The van der Waals surface area contributed by atoms with Crippen LogP contribution in [0.3, 0.4) is 0 Å². The predicted molar refractivity (Wildman–Crippen MR) is 88.1 cm³/mol. The van der Waals surface area contributed by atoms with Gasteiger partial charge in [0.2, 0.25) is 15.9 Å². The Bertz CT molecular complexity index is 834. The number of halogens is 3. The Morgan fingerprint density at radius 1 is 1.19 bits per heavy atom. The minimum atomic E-state index is -3.30. The molecular formula is C16H20F3N3O3S. The summed E-state index contributed by atoms with van der Waals surface area (Å²) < 4.78 is 64.6. The van der Waals surface area contributed by atoms with Crippen molar-refractivity contribution in [2.45, 2.75) is 37.4 Å². The highest BCUT2D eigenvalue weighted by Gasteiger charge is 2.48. The first kappa shape index (κ1) is 19.1. The van der Waals surface area contributed by atoms with Crippen LogP contribution in [0.1, 0.15) is 18.4 Å². The monoisotopic (exact) mass is 391 g/mol. The number of carbonyl (C=O) groups is 1. The van der Waals surface area contributed by atoms with Crippen LogP contribution in [-0.4, -0.2) is 61.0 Å². The zero-order valence-corrected chi connectivity index (χ0v) is 15.0. The maximum Gasteiger partial charge on any atom is 0.224 e. The van der Waals surface area contributed by atoms with Gasteiger partial charge in [0.15, 0.2) is 11.6 Å². The maximum atomic E-state index is 13.7. The van der Waals surface area contributed by atoms with Gasteiger partial charge in [-0.15, -0.1) is 0 Å². The number of benzene rings is 1. The van der Waals surface area contributed by atoms with Crippen LogP contribution in [0.2, 0.25) is 0 Å². The molecule has 2 aliphatic heterocycles. The molecule has 3 rings (SSSR count). The Hall–Kier alpha value is -1.65. The Labute approximate surface area is 149 Å². The van der Waals surface area contributed by atoms with Crippen molar-refractivity contribution in [1.82, 2.24) is 9.21 Å². The van der Waals surface area contributed by atoms with E-state index < -0.39 is 33.5 Å². The highest BCUT2D eigenvalue weighted by molar-refractivity contribution is 7.88. The number of piperazine rings is 1. The Morgan fingerprint density at radius 3 is 2.42 bits per heavy atom. The third kappa shape index (κ3) is 3.72. The summed E-state index contributed by atoms with van der Waals surface area (Å²) in [5.41, 5.74) is 5.80. The first-order chi connectivity index (χ1) is 12.1. The summed E-state index contributed by atoms with van der Waals surface area (Å²) in [6.45, 7) is 0.575. The molecule has 2 heterocycles. The van der Waals surface area contributed by atoms with E-state index in [1.165, 1.54) is 4.31 Å². The molecule has 1 amide bonds. The van der Waals surface area contributed by atoms with Crippen LogP contribution in [-0.2, 0) is 21.2 Å². The number of likely N-dealkylation sites (tertiary alicyclic amines) is 1. The number of hydrogen-bond acceptors (Lipinski definition) is 4. The van der Waals surface area contributed by atoms with Gasteiger partial charge in [-0.2, -0.15) is 4.31 Å². The second-order valence-corrected chi connectivity index (χ2v) is 8.88. The van der Waals surface area contributed by atoms with E-state index in [0.717, 1.165) is 12.3 Å². The van der Waals surface area contributed by atoms with Gasteiger partial charge in [-0.05, 0) is 24.5 Å². The molecule has 10 heteroatoms. The van der Waals surface area contributed by atoms with E-state index in [-0.39, 0.29) is 42.9 Å². The van der Waals surface area contributed by atoms with Crippen LogP contribution in [0.5, 0.6) is 0 Å². The normalized spacial score (nSPS) is 24.3. The Balaban J connectivity index is 1.59. The van der Waals surface area contributed by atoms with Crippen LogP contribution in [0, 0.1) is 17.5 Å². The number of nitrogens with zero attached hydrogens (tertiary/aromatic N) is 2. The number of fused-ring (bicyclic) bond motifs is 2. The summed E-state index contributed by atoms with van der Waals surface area (Å²) in [5, 5.41) is 0. The van der Waals surface area contributed by atoms with Crippen molar-refractivity contribution in [3.63, 3.8) is 0 Å². The zero-order chi connectivity index (χ0) is 19.2. The summed E-state index contributed by atoms with van der Waals surface area (Å²) in [6.07, 6.45) is 1.55. The molecule has 2 aliphatic rings. The van der Waals surface area contributed by atoms with Crippen LogP contribution in [0.15, 0.2) is 12.1 Å². The van der Waals surface area contributed by atoms with E-state index in [0.29, 0.717) is 19.0 Å². The standard InChI is InChI=1S/C16H20F3N3O3S/c1-26(24,25)22-8-11-5-12(22)7-21(11)16(23)4-10(20)2-9-3-14(18)15(19)6-13(9)17/h3,6,10-12H,2,4-5,7-8,20H2,1H3/t10-,11?,12?/m1/s1. The molecule has 2 saturated heterocycles. The van der Waals surface area contributed by atoms with E-state index in [1.807, 2.05) is 0 Å². The molecule has 0 saturated carbocycles. The molecule has 26 heavy (non-hydrogen) atoms. The fourth-order valence-corrected chi connectivity index (χ4v) is 4.90. The van der Waals surface area contributed by atoms with E-state index in [4.69, 9.17) is 5.73 Å². The number of amides is 1. The molecule has 2 bridgehead atoms. The van der Waals surface area contributed by atoms with Crippen molar-refractivity contribution < 1.29 is 26.4 Å². The van der Waals surface area contributed by atoms with Gasteiger partial charge in [0.25, 0.3) is 0 Å². The Morgan fingerprint density at radius 2 is 1.85 bits per heavy atom. The molecule has 0 aliphatic carbocycles. The topological polar surface area (TPSA) is 83.7 Å². The smallest absolute Gasteiger partial charge is 0.224 e. The third-order valence-electron chi connectivity index (χ3n) is 4.94. The van der Waals surface area contributed by atoms with Crippen LogP contribution < -0.4 is 5.73 Å². The molecule has 3 atom stereocenters. The van der Waals surface area contributed by atoms with Gasteiger partial charge in [0.05, 0.1) is 6.26 Å². The Kier molecular flexibility index (Phi) is 5.02. The minimum absolute atomic E-state index is 0.0828. The zero-order valence-electron chi connectivity index (χ0n) is 14.2. The average Bonchev–Trinajstić information content (AvgIpc) is 3.12. The lowest BCUT2D eigenvalue weighted by molar-refractivity contribution is -0.133. The van der Waals surface area contributed by atoms with E-state index in [1.54, 1.807) is 4.90 Å². The molecule has 2 fully saturated rings. The van der Waals surface area contributed by atoms with Gasteiger partial charge in [-0.25, -0.2) is 21.6 Å². The van der Waals surface area contributed by atoms with Crippen LogP contribution >= 0.6 is 0 Å².